The number of nitrogens with zero attached hydrogens (tertiary/aromatic N) is 2. The Morgan fingerprint density at radius 2 is 2.33 bits per heavy atom. The SMILES string of the molecule is CCNCCc1cncn1CC. The number of aryl methyl sites for hydroxylation is 1. The Hall–Kier alpha value is -0.830. The molecule has 1 aromatic rings. The van der Waals surface area contributed by atoms with Crippen molar-refractivity contribution in [2.75, 3.05) is 13.1 Å². The van der Waals surface area contributed by atoms with Gasteiger partial charge in [-0.3, -0.25) is 0 Å². The molecule has 3 nitrogen and oxygen atoms in total. The average Bonchev–Trinajstić information content (AvgIpc) is 2.52. The van der Waals surface area contributed by atoms with Crippen LogP contribution in [0.1, 0.15) is 19.5 Å². The van der Waals surface area contributed by atoms with E-state index in [-0.39, 0.29) is 0 Å². The van der Waals surface area contributed by atoms with Gasteiger partial charge in [-0.2, -0.15) is 0 Å². The van der Waals surface area contributed by atoms with E-state index in [1.165, 1.54) is 5.69 Å². The number of aromatic nitrogens is 2. The number of rotatable bonds is 5. The lowest BCUT2D eigenvalue weighted by atomic mass is 10.3. The molecule has 0 aliphatic heterocycles. The molecule has 0 radical (unpaired) electrons. The third-order valence-corrected chi connectivity index (χ3v) is 1.95. The van der Waals surface area contributed by atoms with Crippen LogP contribution in [0.15, 0.2) is 12.5 Å². The van der Waals surface area contributed by atoms with E-state index in [0.717, 1.165) is 26.1 Å². The van der Waals surface area contributed by atoms with Crippen LogP contribution in [0.2, 0.25) is 0 Å². The van der Waals surface area contributed by atoms with Gasteiger partial charge in [0.25, 0.3) is 0 Å². The van der Waals surface area contributed by atoms with E-state index in [1.807, 2.05) is 12.5 Å². The Morgan fingerprint density at radius 3 is 3.00 bits per heavy atom. The lowest BCUT2D eigenvalue weighted by Gasteiger charge is -2.04. The smallest absolute Gasteiger partial charge is 0.0948 e. The zero-order valence-electron chi connectivity index (χ0n) is 7.88. The normalized spacial score (nSPS) is 10.5. The Labute approximate surface area is 73.8 Å². The summed E-state index contributed by atoms with van der Waals surface area (Å²) in [4.78, 5) is 4.11. The first-order valence-electron chi connectivity index (χ1n) is 4.58. The van der Waals surface area contributed by atoms with Gasteiger partial charge in [0.1, 0.15) is 0 Å². The summed E-state index contributed by atoms with van der Waals surface area (Å²) >= 11 is 0. The molecule has 0 unspecified atom stereocenters. The molecule has 12 heavy (non-hydrogen) atoms. The molecule has 0 aliphatic rings. The van der Waals surface area contributed by atoms with Crippen molar-refractivity contribution in [3.05, 3.63) is 18.2 Å². The van der Waals surface area contributed by atoms with Gasteiger partial charge in [0, 0.05) is 31.4 Å². The Bertz CT molecular complexity index is 217. The minimum Gasteiger partial charge on any atom is -0.335 e. The second-order valence-electron chi connectivity index (χ2n) is 2.77. The molecule has 68 valence electrons. The minimum absolute atomic E-state index is 1.02. The first-order chi connectivity index (χ1) is 5.88. The van der Waals surface area contributed by atoms with Gasteiger partial charge in [-0.25, -0.2) is 4.98 Å². The first-order valence-corrected chi connectivity index (χ1v) is 4.58. The monoisotopic (exact) mass is 167 g/mol. The number of hydrogen-bond acceptors (Lipinski definition) is 2. The van der Waals surface area contributed by atoms with Gasteiger partial charge >= 0.3 is 0 Å². The lowest BCUT2D eigenvalue weighted by molar-refractivity contribution is 0.660. The van der Waals surface area contributed by atoms with Crippen LogP contribution in [0.3, 0.4) is 0 Å². The number of hydrogen-bond donors (Lipinski definition) is 1. The molecule has 0 fully saturated rings. The molecule has 0 saturated heterocycles. The minimum atomic E-state index is 1.02. The van der Waals surface area contributed by atoms with E-state index in [4.69, 9.17) is 0 Å². The van der Waals surface area contributed by atoms with Gasteiger partial charge in [-0.1, -0.05) is 6.92 Å². The molecule has 1 rings (SSSR count). The molecule has 0 saturated carbocycles. The predicted octanol–water partition coefficient (Wildman–Crippen LogP) is 1.05. The third kappa shape index (κ3) is 2.34. The second-order valence-corrected chi connectivity index (χ2v) is 2.77. The fourth-order valence-corrected chi connectivity index (χ4v) is 1.23. The Kier molecular flexibility index (Phi) is 3.80. The predicted molar refractivity (Wildman–Crippen MR) is 50.1 cm³/mol. The van der Waals surface area contributed by atoms with Crippen molar-refractivity contribution in [2.45, 2.75) is 26.8 Å². The Morgan fingerprint density at radius 1 is 1.50 bits per heavy atom. The highest BCUT2D eigenvalue weighted by Crippen LogP contribution is 1.98. The van der Waals surface area contributed by atoms with Crippen LogP contribution in [0.5, 0.6) is 0 Å². The zero-order chi connectivity index (χ0) is 8.81. The lowest BCUT2D eigenvalue weighted by Crippen LogP contribution is -2.17. The summed E-state index contributed by atoms with van der Waals surface area (Å²) in [6.45, 7) is 7.36. The van der Waals surface area contributed by atoms with Crippen LogP contribution in [0.4, 0.5) is 0 Å². The summed E-state index contributed by atoms with van der Waals surface area (Å²) in [7, 11) is 0. The van der Waals surface area contributed by atoms with Crippen LogP contribution in [-0.2, 0) is 13.0 Å². The van der Waals surface area contributed by atoms with Gasteiger partial charge < -0.3 is 9.88 Å². The van der Waals surface area contributed by atoms with Gasteiger partial charge in [-0.15, -0.1) is 0 Å². The summed E-state index contributed by atoms with van der Waals surface area (Å²) in [6.07, 6.45) is 4.91. The molecule has 1 heterocycles. The number of likely N-dealkylation sites (N-methyl/N-ethyl adjacent to an activating group) is 1. The van der Waals surface area contributed by atoms with Crippen LogP contribution in [0.25, 0.3) is 0 Å². The third-order valence-electron chi connectivity index (χ3n) is 1.95. The van der Waals surface area contributed by atoms with Crippen LogP contribution in [-0.4, -0.2) is 22.6 Å². The Balaban J connectivity index is 2.39. The highest BCUT2D eigenvalue weighted by Gasteiger charge is 1.98. The summed E-state index contributed by atoms with van der Waals surface area (Å²) in [6, 6.07) is 0. The van der Waals surface area contributed by atoms with Crippen molar-refractivity contribution in [2.24, 2.45) is 0 Å². The van der Waals surface area contributed by atoms with Crippen molar-refractivity contribution in [3.63, 3.8) is 0 Å². The highest BCUT2D eigenvalue weighted by atomic mass is 15.0. The molecule has 0 aliphatic carbocycles. The number of nitrogens with one attached hydrogen (secondary N) is 1. The van der Waals surface area contributed by atoms with E-state index < -0.39 is 0 Å². The first kappa shape index (κ1) is 9.26. The second kappa shape index (κ2) is 4.93. The van der Waals surface area contributed by atoms with Crippen LogP contribution in [0, 0.1) is 0 Å². The van der Waals surface area contributed by atoms with Gasteiger partial charge in [0.2, 0.25) is 0 Å². The van der Waals surface area contributed by atoms with Crippen LogP contribution >= 0.6 is 0 Å². The summed E-state index contributed by atoms with van der Waals surface area (Å²) in [5.74, 6) is 0. The largest absolute Gasteiger partial charge is 0.335 e. The maximum atomic E-state index is 4.11. The molecular weight excluding hydrogens is 150 g/mol. The number of imidazole rings is 1. The molecule has 1 N–H and O–H groups in total. The van der Waals surface area contributed by atoms with E-state index in [2.05, 4.69) is 28.7 Å². The van der Waals surface area contributed by atoms with Crippen molar-refractivity contribution in [1.29, 1.82) is 0 Å². The molecular formula is C9H17N3. The summed E-state index contributed by atoms with van der Waals surface area (Å²) < 4.78 is 2.18. The molecule has 0 amide bonds. The van der Waals surface area contributed by atoms with Gasteiger partial charge in [-0.05, 0) is 13.5 Å². The van der Waals surface area contributed by atoms with Crippen molar-refractivity contribution >= 4 is 0 Å². The fourth-order valence-electron chi connectivity index (χ4n) is 1.23. The van der Waals surface area contributed by atoms with Crippen molar-refractivity contribution in [1.82, 2.24) is 14.9 Å². The molecule has 0 aromatic carbocycles. The van der Waals surface area contributed by atoms with Crippen LogP contribution < -0.4 is 5.32 Å². The zero-order valence-corrected chi connectivity index (χ0v) is 7.88. The summed E-state index contributed by atoms with van der Waals surface area (Å²) in [5.41, 5.74) is 1.32. The quantitative estimate of drug-likeness (QED) is 0.664. The average molecular weight is 167 g/mol. The maximum absolute atomic E-state index is 4.11. The topological polar surface area (TPSA) is 29.9 Å². The van der Waals surface area contributed by atoms with E-state index in [1.54, 1.807) is 0 Å². The van der Waals surface area contributed by atoms with E-state index in [9.17, 15) is 0 Å². The van der Waals surface area contributed by atoms with Crippen molar-refractivity contribution in [3.8, 4) is 0 Å². The van der Waals surface area contributed by atoms with Crippen molar-refractivity contribution < 1.29 is 0 Å². The van der Waals surface area contributed by atoms with Gasteiger partial charge in [0.05, 0.1) is 6.33 Å². The highest BCUT2D eigenvalue weighted by molar-refractivity contribution is 4.98. The summed E-state index contributed by atoms with van der Waals surface area (Å²) in [5, 5.41) is 3.30. The maximum Gasteiger partial charge on any atom is 0.0948 e. The fraction of sp³-hybridized carbons (Fsp3) is 0.667. The van der Waals surface area contributed by atoms with Gasteiger partial charge in [0.15, 0.2) is 0 Å². The van der Waals surface area contributed by atoms with E-state index in [0.29, 0.717) is 0 Å². The van der Waals surface area contributed by atoms with E-state index >= 15 is 0 Å². The molecule has 0 spiro atoms. The molecule has 0 bridgehead atoms. The molecule has 1 aromatic heterocycles. The molecule has 3 heteroatoms. The standard InChI is InChI=1S/C9H17N3/c1-3-10-6-5-9-7-11-8-12(9)4-2/h7-8,10H,3-6H2,1-2H3. The molecule has 0 atom stereocenters.